The smallest absolute Gasteiger partial charge is 0.165 e. The zero-order valence-electron chi connectivity index (χ0n) is 14.6. The summed E-state index contributed by atoms with van der Waals surface area (Å²) in [5.41, 5.74) is 3.33. The summed E-state index contributed by atoms with van der Waals surface area (Å²) in [5, 5.41) is 18.6. The zero-order valence-corrected chi connectivity index (χ0v) is 14.6. The highest BCUT2D eigenvalue weighted by Gasteiger charge is 2.10. The zero-order chi connectivity index (χ0) is 18.4. The average Bonchev–Trinajstić information content (AvgIpc) is 2.55. The van der Waals surface area contributed by atoms with E-state index in [0.717, 1.165) is 11.1 Å². The third kappa shape index (κ3) is 5.93. The third-order valence-corrected chi connectivity index (χ3v) is 3.92. The molecule has 0 aromatic heterocycles. The van der Waals surface area contributed by atoms with Gasteiger partial charge in [0.1, 0.15) is 0 Å². The van der Waals surface area contributed by atoms with Crippen molar-refractivity contribution in [2.75, 3.05) is 0 Å². The maximum absolute atomic E-state index is 11.9. The van der Waals surface area contributed by atoms with E-state index < -0.39 is 12.2 Å². The number of carbonyl (C=O) groups is 2. The topological polar surface area (TPSA) is 74.6 Å². The van der Waals surface area contributed by atoms with E-state index in [-0.39, 0.29) is 24.4 Å². The lowest BCUT2D eigenvalue weighted by molar-refractivity contribution is 0.0890. The van der Waals surface area contributed by atoms with Gasteiger partial charge in [-0.3, -0.25) is 9.59 Å². The van der Waals surface area contributed by atoms with Crippen molar-refractivity contribution >= 4 is 11.6 Å². The molecule has 2 atom stereocenters. The fourth-order valence-electron chi connectivity index (χ4n) is 2.62. The highest BCUT2D eigenvalue weighted by Crippen LogP contribution is 2.14. The Morgan fingerprint density at radius 2 is 1.04 bits per heavy atom. The number of hydrogen-bond acceptors (Lipinski definition) is 4. The van der Waals surface area contributed by atoms with E-state index in [1.54, 1.807) is 38.1 Å². The first-order chi connectivity index (χ1) is 11.8. The van der Waals surface area contributed by atoms with Crippen molar-refractivity contribution in [2.45, 2.75) is 45.3 Å². The molecule has 0 radical (unpaired) electrons. The highest BCUT2D eigenvalue weighted by atomic mass is 16.3. The van der Waals surface area contributed by atoms with Crippen molar-refractivity contribution in [2.24, 2.45) is 0 Å². The lowest BCUT2D eigenvalue weighted by Gasteiger charge is -2.07. The van der Waals surface area contributed by atoms with Gasteiger partial charge in [-0.2, -0.15) is 0 Å². The van der Waals surface area contributed by atoms with Crippen LogP contribution in [0.2, 0.25) is 0 Å². The predicted octanol–water partition coefficient (Wildman–Crippen LogP) is 3.18. The van der Waals surface area contributed by atoms with Crippen LogP contribution >= 0.6 is 0 Å². The number of rotatable bonds is 8. The molecule has 0 aliphatic rings. The molecule has 4 heteroatoms. The second kappa shape index (κ2) is 8.70. The Morgan fingerprint density at radius 3 is 1.32 bits per heavy atom. The summed E-state index contributed by atoms with van der Waals surface area (Å²) in [6.07, 6.45) is -0.317. The number of benzene rings is 2. The van der Waals surface area contributed by atoms with Gasteiger partial charge in [0.05, 0.1) is 12.2 Å². The van der Waals surface area contributed by atoms with E-state index in [9.17, 15) is 19.8 Å². The molecule has 2 rings (SSSR count). The Kier molecular flexibility index (Phi) is 6.62. The Hall–Kier alpha value is -2.30. The Balaban J connectivity index is 2.00. The van der Waals surface area contributed by atoms with Crippen LogP contribution in [-0.2, 0) is 6.42 Å². The van der Waals surface area contributed by atoms with E-state index in [4.69, 9.17) is 0 Å². The van der Waals surface area contributed by atoms with Crippen LogP contribution in [0.25, 0.3) is 0 Å². The molecule has 2 aromatic carbocycles. The van der Waals surface area contributed by atoms with Crippen LogP contribution in [0.5, 0.6) is 0 Å². The second-order valence-electron chi connectivity index (χ2n) is 6.52. The van der Waals surface area contributed by atoms with Crippen LogP contribution in [0.1, 0.15) is 58.5 Å². The summed E-state index contributed by atoms with van der Waals surface area (Å²) in [4.78, 5) is 23.8. The van der Waals surface area contributed by atoms with Gasteiger partial charge in [0.2, 0.25) is 0 Å². The minimum atomic E-state index is -0.637. The van der Waals surface area contributed by atoms with Gasteiger partial charge in [0, 0.05) is 24.0 Å². The number of aliphatic hydroxyl groups excluding tert-OH is 2. The lowest BCUT2D eigenvalue weighted by atomic mass is 9.98. The Morgan fingerprint density at radius 1 is 0.720 bits per heavy atom. The third-order valence-electron chi connectivity index (χ3n) is 3.92. The first kappa shape index (κ1) is 19.0. The van der Waals surface area contributed by atoms with Crippen LogP contribution in [-0.4, -0.2) is 34.0 Å². The summed E-state index contributed by atoms with van der Waals surface area (Å²) in [5.74, 6) is -0.134. The van der Waals surface area contributed by atoms with Gasteiger partial charge in [0.25, 0.3) is 0 Å². The quantitative estimate of drug-likeness (QED) is 0.724. The van der Waals surface area contributed by atoms with Crippen LogP contribution in [0.3, 0.4) is 0 Å². The molecular formula is C21H24O4. The second-order valence-corrected chi connectivity index (χ2v) is 6.52. The summed E-state index contributed by atoms with van der Waals surface area (Å²) in [7, 11) is 0. The van der Waals surface area contributed by atoms with Gasteiger partial charge in [-0.25, -0.2) is 0 Å². The molecule has 4 nitrogen and oxygen atoms in total. The van der Waals surface area contributed by atoms with Gasteiger partial charge < -0.3 is 10.2 Å². The monoisotopic (exact) mass is 340 g/mol. The molecule has 132 valence electrons. The lowest BCUT2D eigenvalue weighted by Crippen LogP contribution is -2.09. The molecule has 0 heterocycles. The molecule has 25 heavy (non-hydrogen) atoms. The van der Waals surface area contributed by atoms with E-state index >= 15 is 0 Å². The van der Waals surface area contributed by atoms with E-state index in [2.05, 4.69) is 0 Å². The largest absolute Gasteiger partial charge is 0.393 e. The van der Waals surface area contributed by atoms with Crippen molar-refractivity contribution in [1.82, 2.24) is 0 Å². The molecular weight excluding hydrogens is 316 g/mol. The molecule has 0 spiro atoms. The van der Waals surface area contributed by atoms with Crippen LogP contribution in [0.15, 0.2) is 48.5 Å². The number of ketones is 2. The minimum Gasteiger partial charge on any atom is -0.393 e. The molecule has 0 fully saturated rings. The SMILES string of the molecule is CC(O)CC(=O)c1ccc(Cc2ccc(C(=O)CC(C)O)cc2)cc1. The van der Waals surface area contributed by atoms with Gasteiger partial charge in [-0.1, -0.05) is 48.5 Å². The fourth-order valence-corrected chi connectivity index (χ4v) is 2.62. The number of aliphatic hydroxyl groups is 2. The van der Waals surface area contributed by atoms with Crippen molar-refractivity contribution in [3.63, 3.8) is 0 Å². The number of carbonyl (C=O) groups excluding carboxylic acids is 2. The van der Waals surface area contributed by atoms with E-state index in [1.807, 2.05) is 24.3 Å². The number of Topliss-reactive ketones (excluding diaryl/α,β-unsaturated/α-hetero) is 2. The maximum atomic E-state index is 11.9. The van der Waals surface area contributed by atoms with Gasteiger partial charge in [-0.05, 0) is 31.4 Å². The summed E-state index contributed by atoms with van der Waals surface area (Å²) in [6.45, 7) is 3.20. The van der Waals surface area contributed by atoms with Gasteiger partial charge >= 0.3 is 0 Å². The molecule has 0 bridgehead atoms. The first-order valence-electron chi connectivity index (χ1n) is 8.45. The van der Waals surface area contributed by atoms with E-state index in [0.29, 0.717) is 17.5 Å². The molecule has 0 amide bonds. The van der Waals surface area contributed by atoms with Gasteiger partial charge in [-0.15, -0.1) is 0 Å². The molecule has 2 aromatic rings. The number of hydrogen-bond donors (Lipinski definition) is 2. The van der Waals surface area contributed by atoms with Crippen molar-refractivity contribution in [3.05, 3.63) is 70.8 Å². The van der Waals surface area contributed by atoms with Crippen molar-refractivity contribution in [1.29, 1.82) is 0 Å². The molecule has 0 aliphatic carbocycles. The molecule has 0 saturated heterocycles. The standard InChI is InChI=1S/C21H24O4/c1-14(22)11-20(24)18-7-3-16(4-8-18)13-17-5-9-19(10-6-17)21(25)12-15(2)23/h3-10,14-15,22-23H,11-13H2,1-2H3. The first-order valence-corrected chi connectivity index (χ1v) is 8.45. The van der Waals surface area contributed by atoms with Crippen LogP contribution < -0.4 is 0 Å². The fraction of sp³-hybridized carbons (Fsp3) is 0.333. The van der Waals surface area contributed by atoms with Crippen molar-refractivity contribution in [3.8, 4) is 0 Å². The highest BCUT2D eigenvalue weighted by molar-refractivity contribution is 5.96. The molecule has 0 saturated carbocycles. The normalized spacial score (nSPS) is 13.3. The maximum Gasteiger partial charge on any atom is 0.165 e. The van der Waals surface area contributed by atoms with E-state index in [1.165, 1.54) is 0 Å². The molecule has 2 N–H and O–H groups in total. The minimum absolute atomic E-state index is 0.0671. The molecule has 0 aliphatic heterocycles. The summed E-state index contributed by atoms with van der Waals surface area (Å²) >= 11 is 0. The predicted molar refractivity (Wildman–Crippen MR) is 96.9 cm³/mol. The molecule has 2 unspecified atom stereocenters. The van der Waals surface area contributed by atoms with Crippen LogP contribution in [0.4, 0.5) is 0 Å². The van der Waals surface area contributed by atoms with Gasteiger partial charge in [0.15, 0.2) is 11.6 Å². The Bertz CT molecular complexity index is 649. The Labute approximate surface area is 148 Å². The summed E-state index contributed by atoms with van der Waals surface area (Å²) < 4.78 is 0. The average molecular weight is 340 g/mol. The van der Waals surface area contributed by atoms with Crippen LogP contribution in [0, 0.1) is 0 Å². The van der Waals surface area contributed by atoms with Crippen molar-refractivity contribution < 1.29 is 19.8 Å². The summed E-state index contributed by atoms with van der Waals surface area (Å²) in [6, 6.07) is 14.7.